The van der Waals surface area contributed by atoms with E-state index in [2.05, 4.69) is 76.1 Å². The van der Waals surface area contributed by atoms with Gasteiger partial charge >= 0.3 is 0 Å². The summed E-state index contributed by atoms with van der Waals surface area (Å²) in [6, 6.07) is 14.9. The van der Waals surface area contributed by atoms with Gasteiger partial charge in [0.1, 0.15) is 5.82 Å². The molecule has 0 atom stereocenters. The monoisotopic (exact) mass is 455 g/mol. The molecule has 4 rings (SSSR count). The molecular weight excluding hydrogens is 422 g/mol. The largest absolute Gasteiger partial charge is 0.303 e. The van der Waals surface area contributed by atoms with E-state index in [0.717, 1.165) is 68.7 Å². The molecule has 0 spiro atoms. The predicted octanol–water partition coefficient (Wildman–Crippen LogP) is 4.54. The van der Waals surface area contributed by atoms with E-state index in [-0.39, 0.29) is 0 Å². The number of rotatable bonds is 9. The van der Waals surface area contributed by atoms with Crippen LogP contribution in [0.1, 0.15) is 30.1 Å². The van der Waals surface area contributed by atoms with Crippen molar-refractivity contribution in [1.82, 2.24) is 24.1 Å². The van der Waals surface area contributed by atoms with Crippen LogP contribution in [0.2, 0.25) is 0 Å². The molecule has 0 N–H and O–H groups in total. The first kappa shape index (κ1) is 22.4. The third-order valence-corrected chi connectivity index (χ3v) is 7.11. The molecular formula is C24H33N5S2. The van der Waals surface area contributed by atoms with Gasteiger partial charge in [0.2, 0.25) is 0 Å². The van der Waals surface area contributed by atoms with Gasteiger partial charge in [0.25, 0.3) is 0 Å². The number of aromatic nitrogens is 3. The van der Waals surface area contributed by atoms with Crippen LogP contribution < -0.4 is 0 Å². The molecule has 0 radical (unpaired) electrons. The lowest BCUT2D eigenvalue weighted by atomic mass is 10.1. The van der Waals surface area contributed by atoms with Crippen molar-refractivity contribution < 1.29 is 0 Å². The van der Waals surface area contributed by atoms with Gasteiger partial charge in [0, 0.05) is 50.6 Å². The molecule has 0 saturated carbocycles. The maximum Gasteiger partial charge on any atom is 0.199 e. The van der Waals surface area contributed by atoms with Crippen LogP contribution >= 0.6 is 23.6 Å². The highest BCUT2D eigenvalue weighted by molar-refractivity contribution is 7.71. The van der Waals surface area contributed by atoms with Crippen molar-refractivity contribution in [3.63, 3.8) is 0 Å². The normalized spacial score (nSPS) is 15.7. The van der Waals surface area contributed by atoms with Gasteiger partial charge in [-0.1, -0.05) is 50.2 Å². The Labute approximate surface area is 194 Å². The van der Waals surface area contributed by atoms with Gasteiger partial charge in [0.05, 0.1) is 6.67 Å². The third kappa shape index (κ3) is 6.13. The minimum absolute atomic E-state index is 0.722. The van der Waals surface area contributed by atoms with Gasteiger partial charge in [-0.05, 0) is 41.6 Å². The fourth-order valence-corrected chi connectivity index (χ4v) is 5.20. The topological polar surface area (TPSA) is 29.2 Å². The lowest BCUT2D eigenvalue weighted by Gasteiger charge is -2.35. The standard InChI is InChI=1S/C24H33N5S2/c1-20(2)18-26-12-14-27(15-13-26)19-29-24(30)28(11-10-21-7-4-3-5-8-21)23(25-29)17-22-9-6-16-31-22/h3-9,16,20H,10-15,17-19H2,1-2H3. The minimum Gasteiger partial charge on any atom is -0.303 e. The van der Waals surface area contributed by atoms with Crippen molar-refractivity contribution in [2.24, 2.45) is 5.92 Å². The van der Waals surface area contributed by atoms with Crippen LogP contribution in [0.3, 0.4) is 0 Å². The number of hydrogen-bond donors (Lipinski definition) is 0. The number of benzene rings is 1. The summed E-state index contributed by atoms with van der Waals surface area (Å²) in [5.74, 6) is 1.79. The lowest BCUT2D eigenvalue weighted by molar-refractivity contribution is 0.0948. The van der Waals surface area contributed by atoms with Crippen LogP contribution in [-0.2, 0) is 26.1 Å². The summed E-state index contributed by atoms with van der Waals surface area (Å²) in [6.07, 6.45) is 1.80. The van der Waals surface area contributed by atoms with Crippen LogP contribution in [0, 0.1) is 10.7 Å². The molecule has 1 fully saturated rings. The van der Waals surface area contributed by atoms with E-state index in [0.29, 0.717) is 0 Å². The van der Waals surface area contributed by atoms with Crippen molar-refractivity contribution in [3.8, 4) is 0 Å². The first-order valence-electron chi connectivity index (χ1n) is 11.3. The summed E-state index contributed by atoms with van der Waals surface area (Å²) in [7, 11) is 0. The van der Waals surface area contributed by atoms with Crippen LogP contribution in [0.15, 0.2) is 47.8 Å². The first-order chi connectivity index (χ1) is 15.1. The molecule has 1 aromatic carbocycles. The van der Waals surface area contributed by atoms with E-state index in [9.17, 15) is 0 Å². The van der Waals surface area contributed by atoms with Gasteiger partial charge < -0.3 is 9.47 Å². The minimum atomic E-state index is 0.722. The smallest absolute Gasteiger partial charge is 0.199 e. The number of thiophene rings is 1. The molecule has 31 heavy (non-hydrogen) atoms. The zero-order valence-electron chi connectivity index (χ0n) is 18.6. The van der Waals surface area contributed by atoms with Crippen molar-refractivity contribution in [3.05, 3.63) is 68.9 Å². The molecule has 3 heterocycles. The number of aryl methyl sites for hydroxylation is 1. The Morgan fingerprint density at radius 1 is 1.00 bits per heavy atom. The summed E-state index contributed by atoms with van der Waals surface area (Å²) in [5, 5.41) is 7.12. The zero-order valence-corrected chi connectivity index (χ0v) is 20.2. The molecule has 0 amide bonds. The molecule has 7 heteroatoms. The summed E-state index contributed by atoms with van der Waals surface area (Å²) >= 11 is 7.69. The van der Waals surface area contributed by atoms with E-state index in [1.807, 2.05) is 4.68 Å². The maximum atomic E-state index is 5.90. The molecule has 3 aromatic rings. The van der Waals surface area contributed by atoms with Crippen LogP contribution in [0.5, 0.6) is 0 Å². The van der Waals surface area contributed by atoms with Gasteiger partial charge in [-0.3, -0.25) is 4.90 Å². The molecule has 1 saturated heterocycles. The van der Waals surface area contributed by atoms with E-state index in [1.165, 1.54) is 17.0 Å². The van der Waals surface area contributed by atoms with E-state index in [4.69, 9.17) is 17.3 Å². The van der Waals surface area contributed by atoms with E-state index >= 15 is 0 Å². The van der Waals surface area contributed by atoms with E-state index in [1.54, 1.807) is 11.3 Å². The average Bonchev–Trinajstić information content (AvgIpc) is 3.37. The highest BCUT2D eigenvalue weighted by Gasteiger charge is 2.19. The molecule has 0 bridgehead atoms. The summed E-state index contributed by atoms with van der Waals surface area (Å²) in [4.78, 5) is 6.38. The Kier molecular flexibility index (Phi) is 7.72. The summed E-state index contributed by atoms with van der Waals surface area (Å²) in [5.41, 5.74) is 1.33. The molecule has 2 aromatic heterocycles. The Morgan fingerprint density at radius 2 is 1.74 bits per heavy atom. The fraction of sp³-hybridized carbons (Fsp3) is 0.500. The van der Waals surface area contributed by atoms with Gasteiger partial charge in [-0.15, -0.1) is 11.3 Å². The summed E-state index contributed by atoms with van der Waals surface area (Å²) in [6.45, 7) is 11.8. The molecule has 5 nitrogen and oxygen atoms in total. The highest BCUT2D eigenvalue weighted by Crippen LogP contribution is 2.16. The van der Waals surface area contributed by atoms with Crippen molar-refractivity contribution in [2.75, 3.05) is 32.7 Å². The van der Waals surface area contributed by atoms with Gasteiger partial charge in [0.15, 0.2) is 4.77 Å². The van der Waals surface area contributed by atoms with Crippen molar-refractivity contribution in [2.45, 2.75) is 39.9 Å². The lowest BCUT2D eigenvalue weighted by Crippen LogP contribution is -2.47. The molecule has 0 unspecified atom stereocenters. The van der Waals surface area contributed by atoms with Gasteiger partial charge in [-0.25, -0.2) is 4.68 Å². The Balaban J connectivity index is 1.47. The fourth-order valence-electron chi connectivity index (χ4n) is 4.21. The number of nitrogens with zero attached hydrogens (tertiary/aromatic N) is 5. The molecule has 166 valence electrons. The SMILES string of the molecule is CC(C)CN1CCN(Cn2nc(Cc3cccs3)n(CCc3ccccc3)c2=S)CC1. The van der Waals surface area contributed by atoms with Crippen LogP contribution in [0.4, 0.5) is 0 Å². The second-order valence-corrected chi connectivity index (χ2v) is 10.2. The average molecular weight is 456 g/mol. The Hall–Kier alpha value is -1.80. The second kappa shape index (κ2) is 10.7. The Bertz CT molecular complexity index is 983. The van der Waals surface area contributed by atoms with Crippen LogP contribution in [-0.4, -0.2) is 56.9 Å². The maximum absolute atomic E-state index is 5.90. The third-order valence-electron chi connectivity index (χ3n) is 5.80. The number of piperazine rings is 1. The Morgan fingerprint density at radius 3 is 2.42 bits per heavy atom. The zero-order chi connectivity index (χ0) is 21.6. The molecule has 1 aliphatic rings. The quantitative estimate of drug-likeness (QED) is 0.443. The van der Waals surface area contributed by atoms with Gasteiger partial charge in [-0.2, -0.15) is 5.10 Å². The first-order valence-corrected chi connectivity index (χ1v) is 12.5. The van der Waals surface area contributed by atoms with Crippen LogP contribution in [0.25, 0.3) is 0 Å². The molecule has 1 aliphatic heterocycles. The highest BCUT2D eigenvalue weighted by atomic mass is 32.1. The molecule has 0 aliphatic carbocycles. The van der Waals surface area contributed by atoms with E-state index < -0.39 is 0 Å². The number of hydrogen-bond acceptors (Lipinski definition) is 5. The predicted molar refractivity (Wildman–Crippen MR) is 131 cm³/mol. The second-order valence-electron chi connectivity index (χ2n) is 8.80. The summed E-state index contributed by atoms with van der Waals surface area (Å²) < 4.78 is 5.13. The van der Waals surface area contributed by atoms with Crippen molar-refractivity contribution in [1.29, 1.82) is 0 Å². The van der Waals surface area contributed by atoms with Crippen molar-refractivity contribution >= 4 is 23.6 Å².